The minimum absolute atomic E-state index is 0.156. The number of carbonyl (C=O) groups is 2. The second-order valence-corrected chi connectivity index (χ2v) is 3.96. The zero-order chi connectivity index (χ0) is 12.8. The standard InChI is InChI=1S/C10H15N3O4/c1-17-10(16)12-8-4-7(9(14)15)5-13(6-8)3-2-11/h7-8H,3-6H2,1H3,(H,12,16)(H,14,15). The highest BCUT2D eigenvalue weighted by Crippen LogP contribution is 2.17. The van der Waals surface area contributed by atoms with Crippen molar-refractivity contribution in [2.24, 2.45) is 5.92 Å². The molecule has 94 valence electrons. The van der Waals surface area contributed by atoms with Gasteiger partial charge in [-0.2, -0.15) is 5.26 Å². The Morgan fingerprint density at radius 3 is 2.82 bits per heavy atom. The molecule has 0 saturated carbocycles. The predicted octanol–water partition coefficient (Wildman–Crippen LogP) is -0.359. The monoisotopic (exact) mass is 241 g/mol. The van der Waals surface area contributed by atoms with E-state index in [9.17, 15) is 9.59 Å². The maximum Gasteiger partial charge on any atom is 0.407 e. The molecule has 1 aliphatic rings. The fourth-order valence-electron chi connectivity index (χ4n) is 1.93. The Hall–Kier alpha value is -1.81. The number of piperidine rings is 1. The fraction of sp³-hybridized carbons (Fsp3) is 0.700. The van der Waals surface area contributed by atoms with Crippen LogP contribution in [-0.4, -0.2) is 54.9 Å². The summed E-state index contributed by atoms with van der Waals surface area (Å²) >= 11 is 0. The number of nitriles is 1. The third kappa shape index (κ3) is 3.92. The summed E-state index contributed by atoms with van der Waals surface area (Å²) in [4.78, 5) is 23.7. The predicted molar refractivity (Wildman–Crippen MR) is 57.1 cm³/mol. The van der Waals surface area contributed by atoms with Crippen molar-refractivity contribution < 1.29 is 19.4 Å². The average Bonchev–Trinajstić information content (AvgIpc) is 2.29. The highest BCUT2D eigenvalue weighted by molar-refractivity contribution is 5.71. The van der Waals surface area contributed by atoms with E-state index in [4.69, 9.17) is 10.4 Å². The van der Waals surface area contributed by atoms with E-state index in [-0.39, 0.29) is 12.6 Å². The normalized spacial score (nSPS) is 24.7. The molecule has 1 rings (SSSR count). The summed E-state index contributed by atoms with van der Waals surface area (Å²) in [6.07, 6.45) is -0.232. The molecule has 0 aliphatic carbocycles. The summed E-state index contributed by atoms with van der Waals surface area (Å²) < 4.78 is 4.46. The third-order valence-corrected chi connectivity index (χ3v) is 2.68. The lowest BCUT2D eigenvalue weighted by atomic mass is 9.94. The van der Waals surface area contributed by atoms with Gasteiger partial charge in [0.2, 0.25) is 0 Å². The van der Waals surface area contributed by atoms with Crippen LogP contribution in [0.4, 0.5) is 4.79 Å². The van der Waals surface area contributed by atoms with Gasteiger partial charge in [0.15, 0.2) is 0 Å². The number of nitrogens with one attached hydrogen (secondary N) is 1. The number of methoxy groups -OCH3 is 1. The van der Waals surface area contributed by atoms with Crippen LogP contribution in [-0.2, 0) is 9.53 Å². The Balaban J connectivity index is 2.62. The van der Waals surface area contributed by atoms with Gasteiger partial charge in [-0.1, -0.05) is 0 Å². The van der Waals surface area contributed by atoms with Gasteiger partial charge in [-0.15, -0.1) is 0 Å². The smallest absolute Gasteiger partial charge is 0.407 e. The number of hydrogen-bond acceptors (Lipinski definition) is 5. The van der Waals surface area contributed by atoms with Crippen LogP contribution < -0.4 is 5.32 Å². The van der Waals surface area contributed by atoms with Crippen molar-refractivity contribution in [2.45, 2.75) is 12.5 Å². The molecule has 2 N–H and O–H groups in total. The molecule has 1 saturated heterocycles. The van der Waals surface area contributed by atoms with Gasteiger partial charge in [0, 0.05) is 19.1 Å². The summed E-state index contributed by atoms with van der Waals surface area (Å²) in [6.45, 7) is 0.956. The number of amides is 1. The third-order valence-electron chi connectivity index (χ3n) is 2.68. The van der Waals surface area contributed by atoms with Crippen molar-refractivity contribution in [2.75, 3.05) is 26.7 Å². The van der Waals surface area contributed by atoms with Gasteiger partial charge in [0.25, 0.3) is 0 Å². The number of rotatable bonds is 3. The molecule has 1 aliphatic heterocycles. The lowest BCUT2D eigenvalue weighted by molar-refractivity contribution is -0.143. The van der Waals surface area contributed by atoms with Crippen molar-refractivity contribution >= 4 is 12.1 Å². The van der Waals surface area contributed by atoms with Crippen molar-refractivity contribution in [1.29, 1.82) is 5.26 Å². The number of nitrogens with zero attached hydrogens (tertiary/aromatic N) is 2. The molecular formula is C10H15N3O4. The Bertz CT molecular complexity index is 339. The van der Waals surface area contributed by atoms with Crippen LogP contribution in [0.15, 0.2) is 0 Å². The van der Waals surface area contributed by atoms with Crippen LogP contribution in [0.1, 0.15) is 6.42 Å². The molecule has 1 fully saturated rings. The maximum atomic E-state index is 11.1. The number of ether oxygens (including phenoxy) is 1. The van der Waals surface area contributed by atoms with Crippen LogP contribution in [0.5, 0.6) is 0 Å². The summed E-state index contributed by atoms with van der Waals surface area (Å²) in [7, 11) is 1.25. The van der Waals surface area contributed by atoms with E-state index in [0.717, 1.165) is 0 Å². The quantitative estimate of drug-likeness (QED) is 0.654. The van der Waals surface area contributed by atoms with E-state index in [1.807, 2.05) is 6.07 Å². The van der Waals surface area contributed by atoms with E-state index in [1.165, 1.54) is 7.11 Å². The van der Waals surface area contributed by atoms with Crippen molar-refractivity contribution in [3.8, 4) is 6.07 Å². The van der Waals surface area contributed by atoms with Crippen LogP contribution in [0.3, 0.4) is 0 Å². The largest absolute Gasteiger partial charge is 0.481 e. The molecule has 1 amide bonds. The lowest BCUT2D eigenvalue weighted by Gasteiger charge is -2.34. The van der Waals surface area contributed by atoms with Gasteiger partial charge in [-0.25, -0.2) is 4.79 Å². The number of hydrogen-bond donors (Lipinski definition) is 2. The number of alkyl carbamates (subject to hydrolysis) is 1. The molecular weight excluding hydrogens is 226 g/mol. The number of carbonyl (C=O) groups excluding carboxylic acids is 1. The molecule has 1 heterocycles. The van der Waals surface area contributed by atoms with E-state index in [0.29, 0.717) is 19.5 Å². The first-order valence-corrected chi connectivity index (χ1v) is 5.23. The first-order valence-electron chi connectivity index (χ1n) is 5.23. The van der Waals surface area contributed by atoms with Gasteiger partial charge in [0.1, 0.15) is 0 Å². The summed E-state index contributed by atoms with van der Waals surface area (Å²) in [5.74, 6) is -1.48. The highest BCUT2D eigenvalue weighted by Gasteiger charge is 2.32. The SMILES string of the molecule is COC(=O)NC1CC(C(=O)O)CN(CC#N)C1. The fourth-order valence-corrected chi connectivity index (χ4v) is 1.93. The van der Waals surface area contributed by atoms with Gasteiger partial charge in [-0.3, -0.25) is 9.69 Å². The number of aliphatic carboxylic acids is 1. The van der Waals surface area contributed by atoms with Crippen molar-refractivity contribution in [1.82, 2.24) is 10.2 Å². The number of likely N-dealkylation sites (tertiary alicyclic amines) is 1. The summed E-state index contributed by atoms with van der Waals surface area (Å²) in [6, 6.07) is 1.67. The number of carboxylic acid groups (broad SMARTS) is 1. The van der Waals surface area contributed by atoms with Crippen LogP contribution in [0.2, 0.25) is 0 Å². The number of carboxylic acids is 1. The minimum atomic E-state index is -0.913. The molecule has 0 radical (unpaired) electrons. The highest BCUT2D eigenvalue weighted by atomic mass is 16.5. The average molecular weight is 241 g/mol. The van der Waals surface area contributed by atoms with Crippen LogP contribution >= 0.6 is 0 Å². The molecule has 0 spiro atoms. The lowest BCUT2D eigenvalue weighted by Crippen LogP contribution is -2.52. The zero-order valence-corrected chi connectivity index (χ0v) is 9.55. The summed E-state index contributed by atoms with van der Waals surface area (Å²) in [5.41, 5.74) is 0. The van der Waals surface area contributed by atoms with Gasteiger partial charge >= 0.3 is 12.1 Å². The molecule has 0 aromatic carbocycles. The second-order valence-electron chi connectivity index (χ2n) is 3.96. The first kappa shape index (κ1) is 13.3. The molecule has 17 heavy (non-hydrogen) atoms. The topological polar surface area (TPSA) is 103 Å². The summed E-state index contributed by atoms with van der Waals surface area (Å²) in [5, 5.41) is 20.2. The zero-order valence-electron chi connectivity index (χ0n) is 9.55. The van der Waals surface area contributed by atoms with E-state index >= 15 is 0 Å². The van der Waals surface area contributed by atoms with E-state index < -0.39 is 18.0 Å². The molecule has 0 aromatic rings. The van der Waals surface area contributed by atoms with Crippen molar-refractivity contribution in [3.63, 3.8) is 0 Å². The van der Waals surface area contributed by atoms with E-state index in [1.54, 1.807) is 4.90 Å². The molecule has 2 atom stereocenters. The second kappa shape index (κ2) is 6.06. The Labute approximate surface area is 99.0 Å². The van der Waals surface area contributed by atoms with Crippen LogP contribution in [0.25, 0.3) is 0 Å². The Morgan fingerprint density at radius 1 is 1.59 bits per heavy atom. The van der Waals surface area contributed by atoms with E-state index in [2.05, 4.69) is 10.1 Å². The minimum Gasteiger partial charge on any atom is -0.481 e. The Kier molecular flexibility index (Phi) is 4.72. The molecule has 7 heteroatoms. The van der Waals surface area contributed by atoms with Crippen molar-refractivity contribution in [3.05, 3.63) is 0 Å². The van der Waals surface area contributed by atoms with Gasteiger partial charge in [-0.05, 0) is 6.42 Å². The molecule has 7 nitrogen and oxygen atoms in total. The van der Waals surface area contributed by atoms with Gasteiger partial charge in [0.05, 0.1) is 25.6 Å². The molecule has 0 bridgehead atoms. The van der Waals surface area contributed by atoms with Crippen LogP contribution in [0, 0.1) is 17.2 Å². The maximum absolute atomic E-state index is 11.1. The first-order chi connectivity index (χ1) is 8.06. The Morgan fingerprint density at radius 2 is 2.29 bits per heavy atom. The van der Waals surface area contributed by atoms with Gasteiger partial charge < -0.3 is 15.2 Å². The molecule has 2 unspecified atom stereocenters. The molecule has 0 aromatic heterocycles.